The van der Waals surface area contributed by atoms with E-state index in [2.05, 4.69) is 4.98 Å². The van der Waals surface area contributed by atoms with Crippen LogP contribution >= 0.6 is 0 Å². The molecular formula is C22H18N2O2. The van der Waals surface area contributed by atoms with Crippen LogP contribution in [0.5, 0.6) is 11.6 Å². The molecular weight excluding hydrogens is 324 g/mol. The van der Waals surface area contributed by atoms with Gasteiger partial charge in [-0.3, -0.25) is 0 Å². The number of aliphatic imine (C=N–C) groups is 1. The van der Waals surface area contributed by atoms with Gasteiger partial charge < -0.3 is 14.8 Å². The largest absolute Gasteiger partial charge is 0.497 e. The van der Waals surface area contributed by atoms with Crippen LogP contribution in [-0.2, 0) is 0 Å². The van der Waals surface area contributed by atoms with Crippen molar-refractivity contribution in [3.05, 3.63) is 90.0 Å². The molecule has 0 saturated heterocycles. The van der Waals surface area contributed by atoms with Crippen LogP contribution in [0.25, 0.3) is 10.9 Å². The van der Waals surface area contributed by atoms with Gasteiger partial charge in [0.1, 0.15) is 5.75 Å². The van der Waals surface area contributed by atoms with Gasteiger partial charge in [0.15, 0.2) is 5.88 Å². The number of hydrogen-bond donors (Lipinski definition) is 2. The smallest absolute Gasteiger partial charge is 0.199 e. The average molecular weight is 342 g/mol. The van der Waals surface area contributed by atoms with E-state index in [4.69, 9.17) is 9.73 Å². The second-order valence-electron chi connectivity index (χ2n) is 5.92. The highest BCUT2D eigenvalue weighted by Crippen LogP contribution is 2.31. The van der Waals surface area contributed by atoms with Crippen LogP contribution in [0.1, 0.15) is 11.1 Å². The lowest BCUT2D eigenvalue weighted by atomic mass is 10.0. The Labute approximate surface area is 151 Å². The number of nitrogens with one attached hydrogen (secondary N) is 1. The second kappa shape index (κ2) is 6.76. The summed E-state index contributed by atoms with van der Waals surface area (Å²) in [4.78, 5) is 7.88. The van der Waals surface area contributed by atoms with Gasteiger partial charge in [0.25, 0.3) is 0 Å². The zero-order valence-electron chi connectivity index (χ0n) is 14.3. The molecule has 0 amide bonds. The van der Waals surface area contributed by atoms with E-state index in [-0.39, 0.29) is 5.88 Å². The molecule has 4 nitrogen and oxygen atoms in total. The van der Waals surface area contributed by atoms with Crippen molar-refractivity contribution >= 4 is 22.3 Å². The monoisotopic (exact) mass is 342 g/mol. The van der Waals surface area contributed by atoms with E-state index in [1.54, 1.807) is 7.11 Å². The molecule has 0 saturated carbocycles. The molecule has 3 aromatic carbocycles. The molecule has 26 heavy (non-hydrogen) atoms. The van der Waals surface area contributed by atoms with E-state index in [1.807, 2.05) is 78.9 Å². The molecule has 128 valence electrons. The molecule has 1 aromatic heterocycles. The van der Waals surface area contributed by atoms with Crippen LogP contribution in [-0.4, -0.2) is 22.9 Å². The lowest BCUT2D eigenvalue weighted by Gasteiger charge is -2.08. The maximum atomic E-state index is 10.6. The Morgan fingerprint density at radius 3 is 2.50 bits per heavy atom. The van der Waals surface area contributed by atoms with E-state index in [0.717, 1.165) is 27.9 Å². The maximum Gasteiger partial charge on any atom is 0.199 e. The standard InChI is InChI=1S/C22H18N2O2/c1-26-17-11-7-10-16(14-17)23-21(15-8-3-2-4-9-15)20-18-12-5-6-13-19(18)24-22(20)25/h2-14,24-25H,1H3. The minimum atomic E-state index is 0.108. The van der Waals surface area contributed by atoms with E-state index in [0.29, 0.717) is 11.3 Å². The van der Waals surface area contributed by atoms with Gasteiger partial charge in [-0.25, -0.2) is 4.99 Å². The van der Waals surface area contributed by atoms with Gasteiger partial charge in [0.2, 0.25) is 0 Å². The Morgan fingerprint density at radius 1 is 0.923 bits per heavy atom. The van der Waals surface area contributed by atoms with Crippen LogP contribution < -0.4 is 4.74 Å². The molecule has 2 N–H and O–H groups in total. The van der Waals surface area contributed by atoms with Crippen LogP contribution in [0.3, 0.4) is 0 Å². The number of rotatable bonds is 4. The number of fused-ring (bicyclic) bond motifs is 1. The third-order valence-corrected chi connectivity index (χ3v) is 4.26. The van der Waals surface area contributed by atoms with Gasteiger partial charge in [-0.05, 0) is 18.2 Å². The van der Waals surface area contributed by atoms with Crippen molar-refractivity contribution < 1.29 is 9.84 Å². The molecule has 0 bridgehead atoms. The Morgan fingerprint density at radius 2 is 1.69 bits per heavy atom. The Kier molecular flexibility index (Phi) is 4.15. The van der Waals surface area contributed by atoms with Crippen molar-refractivity contribution in [3.8, 4) is 11.6 Å². The number of hydrogen-bond acceptors (Lipinski definition) is 3. The highest BCUT2D eigenvalue weighted by molar-refractivity contribution is 6.21. The maximum absolute atomic E-state index is 10.6. The van der Waals surface area contributed by atoms with E-state index >= 15 is 0 Å². The minimum absolute atomic E-state index is 0.108. The summed E-state index contributed by atoms with van der Waals surface area (Å²) in [7, 11) is 1.63. The predicted molar refractivity (Wildman–Crippen MR) is 105 cm³/mol. The first-order valence-electron chi connectivity index (χ1n) is 8.34. The van der Waals surface area contributed by atoms with Crippen molar-refractivity contribution in [2.45, 2.75) is 0 Å². The number of nitrogens with zero attached hydrogens (tertiary/aromatic N) is 1. The number of H-pyrrole nitrogens is 1. The molecule has 0 radical (unpaired) electrons. The fourth-order valence-electron chi connectivity index (χ4n) is 3.04. The van der Waals surface area contributed by atoms with Crippen molar-refractivity contribution in [1.29, 1.82) is 0 Å². The summed E-state index contributed by atoms with van der Waals surface area (Å²) in [6.07, 6.45) is 0. The first-order valence-corrected chi connectivity index (χ1v) is 8.34. The van der Waals surface area contributed by atoms with Gasteiger partial charge in [-0.2, -0.15) is 0 Å². The number of para-hydroxylation sites is 1. The Bertz CT molecular complexity index is 1080. The molecule has 0 fully saturated rings. The first-order chi connectivity index (χ1) is 12.8. The lowest BCUT2D eigenvalue weighted by Crippen LogP contribution is -2.02. The number of aromatic nitrogens is 1. The summed E-state index contributed by atoms with van der Waals surface area (Å²) in [6, 6.07) is 25.2. The summed E-state index contributed by atoms with van der Waals surface area (Å²) in [6.45, 7) is 0. The SMILES string of the molecule is COc1cccc(N=C(c2ccccc2)c2c(O)[nH]c3ccccc23)c1. The third-order valence-electron chi connectivity index (χ3n) is 4.26. The van der Waals surface area contributed by atoms with E-state index in [9.17, 15) is 5.11 Å². The number of aromatic hydroxyl groups is 1. The molecule has 0 aliphatic rings. The molecule has 0 atom stereocenters. The Hall–Kier alpha value is -3.53. The van der Waals surface area contributed by atoms with E-state index < -0.39 is 0 Å². The second-order valence-corrected chi connectivity index (χ2v) is 5.92. The summed E-state index contributed by atoms with van der Waals surface area (Å²) in [5.41, 5.74) is 3.95. The van der Waals surface area contributed by atoms with Crippen LogP contribution in [0, 0.1) is 0 Å². The summed E-state index contributed by atoms with van der Waals surface area (Å²) in [5, 5.41) is 11.5. The zero-order chi connectivity index (χ0) is 17.9. The molecule has 4 aromatic rings. The van der Waals surface area contributed by atoms with E-state index in [1.165, 1.54) is 0 Å². The predicted octanol–water partition coefficient (Wildman–Crippen LogP) is 5.05. The highest BCUT2D eigenvalue weighted by Gasteiger charge is 2.18. The number of aromatic amines is 1. The molecule has 4 rings (SSSR count). The third kappa shape index (κ3) is 2.93. The summed E-state index contributed by atoms with van der Waals surface area (Å²) in [5.74, 6) is 0.846. The molecule has 1 heterocycles. The molecule has 0 aliphatic heterocycles. The zero-order valence-corrected chi connectivity index (χ0v) is 14.3. The van der Waals surface area contributed by atoms with Gasteiger partial charge >= 0.3 is 0 Å². The number of benzene rings is 3. The van der Waals surface area contributed by atoms with Crippen molar-refractivity contribution in [2.75, 3.05) is 7.11 Å². The first kappa shape index (κ1) is 16.0. The van der Waals surface area contributed by atoms with Crippen molar-refractivity contribution in [2.24, 2.45) is 4.99 Å². The van der Waals surface area contributed by atoms with Crippen LogP contribution in [0.15, 0.2) is 83.9 Å². The Balaban J connectivity index is 1.97. The number of methoxy groups -OCH3 is 1. The molecule has 0 aliphatic carbocycles. The summed E-state index contributed by atoms with van der Waals surface area (Å²) >= 11 is 0. The van der Waals surface area contributed by atoms with Crippen molar-refractivity contribution in [1.82, 2.24) is 4.98 Å². The van der Waals surface area contributed by atoms with Gasteiger partial charge in [0, 0.05) is 22.5 Å². The molecule has 0 spiro atoms. The fraction of sp³-hybridized carbons (Fsp3) is 0.0455. The average Bonchev–Trinajstić information content (AvgIpc) is 3.02. The van der Waals surface area contributed by atoms with Gasteiger partial charge in [-0.15, -0.1) is 0 Å². The molecule has 4 heteroatoms. The lowest BCUT2D eigenvalue weighted by molar-refractivity contribution is 0.415. The highest BCUT2D eigenvalue weighted by atomic mass is 16.5. The normalized spacial score (nSPS) is 11.7. The minimum Gasteiger partial charge on any atom is -0.497 e. The van der Waals surface area contributed by atoms with Gasteiger partial charge in [0.05, 0.1) is 24.1 Å². The summed E-state index contributed by atoms with van der Waals surface area (Å²) < 4.78 is 5.30. The molecule has 0 unspecified atom stereocenters. The van der Waals surface area contributed by atoms with Crippen molar-refractivity contribution in [3.63, 3.8) is 0 Å². The number of ether oxygens (including phenoxy) is 1. The fourth-order valence-corrected chi connectivity index (χ4v) is 3.04. The topological polar surface area (TPSA) is 57.6 Å². The van der Waals surface area contributed by atoms with Gasteiger partial charge in [-0.1, -0.05) is 54.6 Å². The van der Waals surface area contributed by atoms with Crippen LogP contribution in [0.2, 0.25) is 0 Å². The quantitative estimate of drug-likeness (QED) is 0.510. The van der Waals surface area contributed by atoms with Crippen LogP contribution in [0.4, 0.5) is 5.69 Å².